The average molecular weight is 229 g/mol. The van der Waals surface area contributed by atoms with Crippen LogP contribution in [0, 0.1) is 0 Å². The Kier molecular flexibility index (Phi) is 3.55. The largest absolute Gasteiger partial charge is 0.326 e. The minimum Gasteiger partial charge on any atom is -0.326 e. The third-order valence-corrected chi connectivity index (χ3v) is 2.51. The Morgan fingerprint density at radius 2 is 2.12 bits per heavy atom. The van der Waals surface area contributed by atoms with Crippen molar-refractivity contribution in [3.05, 3.63) is 48.8 Å². The van der Waals surface area contributed by atoms with Crippen LogP contribution in [0.15, 0.2) is 48.8 Å². The molecular weight excluding hydrogens is 214 g/mol. The quantitative estimate of drug-likeness (QED) is 0.875. The number of para-hydroxylation sites is 1. The van der Waals surface area contributed by atoms with Gasteiger partial charge < -0.3 is 5.32 Å². The third-order valence-electron chi connectivity index (χ3n) is 2.51. The molecule has 0 unspecified atom stereocenters. The molecule has 0 aliphatic rings. The summed E-state index contributed by atoms with van der Waals surface area (Å²) in [5.41, 5.74) is 0.824. The molecule has 1 N–H and O–H groups in total. The van der Waals surface area contributed by atoms with Crippen molar-refractivity contribution in [2.45, 2.75) is 19.4 Å². The molecule has 0 radical (unpaired) electrons. The van der Waals surface area contributed by atoms with Gasteiger partial charge >= 0.3 is 0 Å². The van der Waals surface area contributed by atoms with Crippen molar-refractivity contribution in [2.75, 3.05) is 5.32 Å². The van der Waals surface area contributed by atoms with Gasteiger partial charge in [-0.3, -0.25) is 9.48 Å². The van der Waals surface area contributed by atoms with Gasteiger partial charge in [-0.2, -0.15) is 5.10 Å². The van der Waals surface area contributed by atoms with Crippen molar-refractivity contribution in [1.82, 2.24) is 9.78 Å². The molecule has 0 saturated carbocycles. The van der Waals surface area contributed by atoms with Crippen molar-refractivity contribution >= 4 is 11.6 Å². The molecule has 2 aromatic rings. The Balaban J connectivity index is 1.90. The molecular formula is C13H15N3O. The van der Waals surface area contributed by atoms with E-state index in [-0.39, 0.29) is 11.9 Å². The minimum atomic E-state index is -0.000741. The van der Waals surface area contributed by atoms with Gasteiger partial charge in [-0.25, -0.2) is 0 Å². The Labute approximate surface area is 100 Å². The fourth-order valence-corrected chi connectivity index (χ4v) is 1.64. The Morgan fingerprint density at radius 3 is 2.76 bits per heavy atom. The molecule has 0 aliphatic carbocycles. The lowest BCUT2D eigenvalue weighted by molar-refractivity contribution is -0.116. The predicted octanol–water partition coefficient (Wildman–Crippen LogP) is 2.47. The van der Waals surface area contributed by atoms with E-state index in [0.29, 0.717) is 6.42 Å². The van der Waals surface area contributed by atoms with E-state index in [1.807, 2.05) is 49.5 Å². The molecule has 1 heterocycles. The highest BCUT2D eigenvalue weighted by Crippen LogP contribution is 2.11. The van der Waals surface area contributed by atoms with Crippen LogP contribution >= 0.6 is 0 Å². The van der Waals surface area contributed by atoms with Gasteiger partial charge in [0.25, 0.3) is 0 Å². The normalized spacial score (nSPS) is 12.1. The van der Waals surface area contributed by atoms with Gasteiger partial charge in [-0.05, 0) is 25.1 Å². The number of benzene rings is 1. The van der Waals surface area contributed by atoms with Gasteiger partial charge in [0.2, 0.25) is 5.91 Å². The lowest BCUT2D eigenvalue weighted by Crippen LogP contribution is -2.17. The summed E-state index contributed by atoms with van der Waals surface area (Å²) in [7, 11) is 0. The molecule has 0 aliphatic heterocycles. The van der Waals surface area contributed by atoms with Gasteiger partial charge in [0.15, 0.2) is 0 Å². The molecule has 1 amide bonds. The van der Waals surface area contributed by atoms with Crippen LogP contribution in [0.25, 0.3) is 0 Å². The minimum absolute atomic E-state index is 0.000741. The maximum absolute atomic E-state index is 11.8. The first-order valence-electron chi connectivity index (χ1n) is 5.60. The van der Waals surface area contributed by atoms with Gasteiger partial charge in [0, 0.05) is 24.5 Å². The number of rotatable bonds is 4. The van der Waals surface area contributed by atoms with E-state index < -0.39 is 0 Å². The van der Waals surface area contributed by atoms with Crippen LogP contribution in [0.5, 0.6) is 0 Å². The van der Waals surface area contributed by atoms with Crippen molar-refractivity contribution in [2.24, 2.45) is 0 Å². The third kappa shape index (κ3) is 3.17. The Morgan fingerprint density at radius 1 is 1.35 bits per heavy atom. The van der Waals surface area contributed by atoms with E-state index in [2.05, 4.69) is 10.4 Å². The summed E-state index contributed by atoms with van der Waals surface area (Å²) in [5.74, 6) is -0.000741. The summed E-state index contributed by atoms with van der Waals surface area (Å²) in [6.45, 7) is 1.97. The van der Waals surface area contributed by atoms with E-state index in [0.717, 1.165) is 5.69 Å². The number of nitrogens with one attached hydrogen (secondary N) is 1. The van der Waals surface area contributed by atoms with Crippen molar-refractivity contribution < 1.29 is 4.79 Å². The molecule has 0 fully saturated rings. The molecule has 1 atom stereocenters. The molecule has 1 aromatic carbocycles. The molecule has 0 saturated heterocycles. The second-order valence-corrected chi connectivity index (χ2v) is 3.95. The predicted molar refractivity (Wildman–Crippen MR) is 66.6 cm³/mol. The highest BCUT2D eigenvalue weighted by molar-refractivity contribution is 5.90. The lowest BCUT2D eigenvalue weighted by Gasteiger charge is -2.12. The lowest BCUT2D eigenvalue weighted by atomic mass is 10.2. The Hall–Kier alpha value is -2.10. The topological polar surface area (TPSA) is 46.9 Å². The number of amides is 1. The zero-order valence-corrected chi connectivity index (χ0v) is 9.71. The van der Waals surface area contributed by atoms with Gasteiger partial charge in [0.1, 0.15) is 0 Å². The summed E-state index contributed by atoms with van der Waals surface area (Å²) in [4.78, 5) is 11.8. The number of aromatic nitrogens is 2. The van der Waals surface area contributed by atoms with Crippen molar-refractivity contribution in [3.63, 3.8) is 0 Å². The van der Waals surface area contributed by atoms with E-state index in [1.165, 1.54) is 0 Å². The fraction of sp³-hybridized carbons (Fsp3) is 0.231. The number of carbonyl (C=O) groups is 1. The van der Waals surface area contributed by atoms with Gasteiger partial charge in [-0.15, -0.1) is 0 Å². The van der Waals surface area contributed by atoms with Crippen molar-refractivity contribution in [3.8, 4) is 0 Å². The summed E-state index contributed by atoms with van der Waals surface area (Å²) in [5, 5.41) is 6.97. The first-order chi connectivity index (χ1) is 8.25. The zero-order chi connectivity index (χ0) is 12.1. The highest BCUT2D eigenvalue weighted by atomic mass is 16.1. The van der Waals surface area contributed by atoms with Crippen LogP contribution in [0.4, 0.5) is 5.69 Å². The summed E-state index contributed by atoms with van der Waals surface area (Å²) < 4.78 is 1.78. The second-order valence-electron chi connectivity index (χ2n) is 3.95. The van der Waals surface area contributed by atoms with Crippen LogP contribution in [-0.2, 0) is 4.79 Å². The van der Waals surface area contributed by atoms with Crippen LogP contribution in [0.3, 0.4) is 0 Å². The maximum Gasteiger partial charge on any atom is 0.226 e. The monoisotopic (exact) mass is 229 g/mol. The van der Waals surface area contributed by atoms with E-state index in [4.69, 9.17) is 0 Å². The van der Waals surface area contributed by atoms with Crippen LogP contribution in [-0.4, -0.2) is 15.7 Å². The van der Waals surface area contributed by atoms with E-state index in [9.17, 15) is 4.79 Å². The maximum atomic E-state index is 11.8. The van der Waals surface area contributed by atoms with Crippen LogP contribution in [0.2, 0.25) is 0 Å². The average Bonchev–Trinajstić information content (AvgIpc) is 2.83. The first-order valence-corrected chi connectivity index (χ1v) is 5.60. The zero-order valence-electron chi connectivity index (χ0n) is 9.71. The molecule has 1 aromatic heterocycles. The smallest absolute Gasteiger partial charge is 0.226 e. The fourth-order valence-electron chi connectivity index (χ4n) is 1.64. The molecule has 88 valence electrons. The van der Waals surface area contributed by atoms with E-state index in [1.54, 1.807) is 10.9 Å². The number of anilines is 1. The Bertz CT molecular complexity index is 465. The molecule has 0 spiro atoms. The summed E-state index contributed by atoms with van der Waals surface area (Å²) in [6.07, 6.45) is 3.99. The van der Waals surface area contributed by atoms with Crippen LogP contribution in [0.1, 0.15) is 19.4 Å². The first kappa shape index (κ1) is 11.4. The number of carbonyl (C=O) groups excluding carboxylic acids is 1. The molecule has 4 nitrogen and oxygen atoms in total. The van der Waals surface area contributed by atoms with E-state index >= 15 is 0 Å². The van der Waals surface area contributed by atoms with Gasteiger partial charge in [0.05, 0.1) is 6.04 Å². The summed E-state index contributed by atoms with van der Waals surface area (Å²) in [6, 6.07) is 11.4. The SMILES string of the molecule is C[C@H](CC(=O)Nc1ccccc1)n1cccn1. The number of nitrogens with zero attached hydrogens (tertiary/aromatic N) is 2. The standard InChI is InChI=1S/C13H15N3O/c1-11(16-9-5-8-14-16)10-13(17)15-12-6-3-2-4-7-12/h2-9,11H,10H2,1H3,(H,15,17)/t11-/m1/s1. The molecule has 17 heavy (non-hydrogen) atoms. The molecule has 4 heteroatoms. The van der Waals surface area contributed by atoms with Crippen molar-refractivity contribution in [1.29, 1.82) is 0 Å². The molecule has 2 rings (SSSR count). The van der Waals surface area contributed by atoms with Crippen LogP contribution < -0.4 is 5.32 Å². The number of hydrogen-bond acceptors (Lipinski definition) is 2. The number of hydrogen-bond donors (Lipinski definition) is 1. The highest BCUT2D eigenvalue weighted by Gasteiger charge is 2.10. The van der Waals surface area contributed by atoms with Gasteiger partial charge in [-0.1, -0.05) is 18.2 Å². The second kappa shape index (κ2) is 5.30. The molecule has 0 bridgehead atoms. The summed E-state index contributed by atoms with van der Waals surface area (Å²) >= 11 is 0.